The Balaban J connectivity index is 3.34. The number of phenolic OH excluding ortho intramolecular Hbond substituents is 1. The van der Waals surface area contributed by atoms with Crippen LogP contribution >= 0.6 is 0 Å². The number of aromatic hydroxyl groups is 1. The van der Waals surface area contributed by atoms with Gasteiger partial charge < -0.3 is 15.6 Å². The van der Waals surface area contributed by atoms with Gasteiger partial charge in [0.05, 0.1) is 7.11 Å². The molecule has 6 heteroatoms. The lowest BCUT2D eigenvalue weighted by Gasteiger charge is -2.18. The van der Waals surface area contributed by atoms with E-state index in [9.17, 15) is 18.3 Å². The van der Waals surface area contributed by atoms with Crippen molar-refractivity contribution < 1.29 is 23.0 Å². The van der Waals surface area contributed by atoms with Crippen molar-refractivity contribution in [1.29, 1.82) is 0 Å². The van der Waals surface area contributed by atoms with Crippen molar-refractivity contribution in [2.24, 2.45) is 5.73 Å². The largest absolute Gasteiger partial charge is 0.507 e. The number of ether oxygens (including phenoxy) is 1. The Morgan fingerprint density at radius 1 is 1.39 bits per heavy atom. The Hall–Kier alpha value is -1.43. The van der Waals surface area contributed by atoms with Crippen LogP contribution in [0.2, 0.25) is 0 Å². The van der Waals surface area contributed by atoms with Crippen LogP contribution in [0, 0.1) is 0 Å². The fourth-order valence-corrected chi connectivity index (χ4v) is 1.74. The molecule has 3 N–H and O–H groups in total. The van der Waals surface area contributed by atoms with Crippen LogP contribution < -0.4 is 10.5 Å². The molecule has 0 aliphatic heterocycles. The Morgan fingerprint density at radius 2 is 2.00 bits per heavy atom. The molecule has 0 heterocycles. The van der Waals surface area contributed by atoms with Gasteiger partial charge in [-0.2, -0.15) is 13.2 Å². The zero-order chi connectivity index (χ0) is 13.9. The summed E-state index contributed by atoms with van der Waals surface area (Å²) in [6.07, 6.45) is -4.13. The second-order valence-corrected chi connectivity index (χ2v) is 4.09. The maximum atomic E-state index is 12.8. The lowest BCUT2D eigenvalue weighted by atomic mass is 9.94. The van der Waals surface area contributed by atoms with Gasteiger partial charge in [-0.15, -0.1) is 0 Å². The molecular weight excluding hydrogens is 247 g/mol. The Labute approximate surface area is 103 Å². The highest BCUT2D eigenvalue weighted by atomic mass is 19.4. The first kappa shape index (κ1) is 14.6. The molecule has 1 aromatic carbocycles. The van der Waals surface area contributed by atoms with Crippen LogP contribution in [0.4, 0.5) is 13.2 Å². The molecule has 1 rings (SSSR count). The number of hydrogen-bond donors (Lipinski definition) is 2. The van der Waals surface area contributed by atoms with E-state index >= 15 is 0 Å². The molecule has 1 aromatic rings. The molecular formula is C12H16F3NO2. The highest BCUT2D eigenvalue weighted by Crippen LogP contribution is 2.42. The van der Waals surface area contributed by atoms with Crippen molar-refractivity contribution in [3.05, 3.63) is 23.3 Å². The molecule has 1 atom stereocenters. The highest BCUT2D eigenvalue weighted by molar-refractivity contribution is 5.49. The quantitative estimate of drug-likeness (QED) is 0.878. The van der Waals surface area contributed by atoms with Crippen molar-refractivity contribution in [3.8, 4) is 11.5 Å². The SMILES string of the molecule is COc1cc(C(C)CCN)c(O)c(C(F)(F)F)c1. The third kappa shape index (κ3) is 3.07. The summed E-state index contributed by atoms with van der Waals surface area (Å²) in [6.45, 7) is 2.04. The predicted octanol–water partition coefficient (Wildman–Crippen LogP) is 2.87. The molecule has 0 saturated carbocycles. The van der Waals surface area contributed by atoms with Crippen LogP contribution in [0.25, 0.3) is 0 Å². The minimum atomic E-state index is -4.62. The van der Waals surface area contributed by atoms with Crippen LogP contribution in [-0.2, 0) is 6.18 Å². The van der Waals surface area contributed by atoms with Crippen LogP contribution in [0.1, 0.15) is 30.4 Å². The van der Waals surface area contributed by atoms with Crippen molar-refractivity contribution in [2.45, 2.75) is 25.4 Å². The minimum Gasteiger partial charge on any atom is -0.507 e. The van der Waals surface area contributed by atoms with Gasteiger partial charge in [0.15, 0.2) is 0 Å². The predicted molar refractivity (Wildman–Crippen MR) is 61.7 cm³/mol. The van der Waals surface area contributed by atoms with E-state index in [4.69, 9.17) is 10.5 Å². The summed E-state index contributed by atoms with van der Waals surface area (Å²) < 4.78 is 43.1. The summed E-state index contributed by atoms with van der Waals surface area (Å²) in [5.74, 6) is -0.950. The van der Waals surface area contributed by atoms with Gasteiger partial charge in [-0.3, -0.25) is 0 Å². The number of benzene rings is 1. The Bertz CT molecular complexity index is 419. The van der Waals surface area contributed by atoms with E-state index in [-0.39, 0.29) is 17.2 Å². The molecule has 0 radical (unpaired) electrons. The molecule has 102 valence electrons. The lowest BCUT2D eigenvalue weighted by Crippen LogP contribution is -2.10. The molecule has 1 unspecified atom stereocenters. The standard InChI is InChI=1S/C12H16F3NO2/c1-7(3-4-16)9-5-8(18-2)6-10(11(9)17)12(13,14)15/h5-7,17H,3-4,16H2,1-2H3. The van der Waals surface area contributed by atoms with Crippen LogP contribution in [0.15, 0.2) is 12.1 Å². The molecule has 0 spiro atoms. The fourth-order valence-electron chi connectivity index (χ4n) is 1.74. The number of methoxy groups -OCH3 is 1. The van der Waals surface area contributed by atoms with Crippen molar-refractivity contribution in [3.63, 3.8) is 0 Å². The number of halogens is 3. The first-order valence-electron chi connectivity index (χ1n) is 5.49. The fraction of sp³-hybridized carbons (Fsp3) is 0.500. The average molecular weight is 263 g/mol. The lowest BCUT2D eigenvalue weighted by molar-refractivity contribution is -0.138. The van der Waals surface area contributed by atoms with E-state index < -0.39 is 17.5 Å². The van der Waals surface area contributed by atoms with Crippen molar-refractivity contribution in [1.82, 2.24) is 0 Å². The van der Waals surface area contributed by atoms with E-state index in [1.54, 1.807) is 6.92 Å². The highest BCUT2D eigenvalue weighted by Gasteiger charge is 2.36. The van der Waals surface area contributed by atoms with Gasteiger partial charge in [0.25, 0.3) is 0 Å². The van der Waals surface area contributed by atoms with Crippen LogP contribution in [-0.4, -0.2) is 18.8 Å². The molecule has 0 aromatic heterocycles. The summed E-state index contributed by atoms with van der Waals surface area (Å²) in [6, 6.07) is 2.19. The molecule has 18 heavy (non-hydrogen) atoms. The molecule has 3 nitrogen and oxygen atoms in total. The maximum Gasteiger partial charge on any atom is 0.420 e. The number of phenols is 1. The summed E-state index contributed by atoms with van der Waals surface area (Å²) in [4.78, 5) is 0. The van der Waals surface area contributed by atoms with E-state index in [2.05, 4.69) is 0 Å². The summed E-state index contributed by atoms with van der Waals surface area (Å²) >= 11 is 0. The maximum absolute atomic E-state index is 12.8. The second-order valence-electron chi connectivity index (χ2n) is 4.09. The van der Waals surface area contributed by atoms with E-state index in [1.165, 1.54) is 13.2 Å². The molecule has 0 bridgehead atoms. The van der Waals surface area contributed by atoms with Crippen LogP contribution in [0.3, 0.4) is 0 Å². The van der Waals surface area contributed by atoms with Crippen LogP contribution in [0.5, 0.6) is 11.5 Å². The monoisotopic (exact) mass is 263 g/mol. The van der Waals surface area contributed by atoms with E-state index in [0.717, 1.165) is 6.07 Å². The molecule has 0 amide bonds. The first-order chi connectivity index (χ1) is 8.31. The van der Waals surface area contributed by atoms with Gasteiger partial charge in [0, 0.05) is 5.56 Å². The average Bonchev–Trinajstić information content (AvgIpc) is 2.28. The van der Waals surface area contributed by atoms with Gasteiger partial charge in [-0.25, -0.2) is 0 Å². The first-order valence-corrected chi connectivity index (χ1v) is 5.49. The van der Waals surface area contributed by atoms with Gasteiger partial charge in [0.1, 0.15) is 17.1 Å². The Kier molecular flexibility index (Phi) is 4.45. The summed E-state index contributed by atoms with van der Waals surface area (Å²) in [5.41, 5.74) is 4.49. The number of rotatable bonds is 4. The normalized spacial score (nSPS) is 13.4. The number of nitrogens with two attached hydrogens (primary N) is 1. The minimum absolute atomic E-state index is 0.0685. The topological polar surface area (TPSA) is 55.5 Å². The zero-order valence-corrected chi connectivity index (χ0v) is 10.2. The number of alkyl halides is 3. The summed E-state index contributed by atoms with van der Waals surface area (Å²) in [7, 11) is 1.28. The molecule has 0 aliphatic rings. The van der Waals surface area contributed by atoms with Gasteiger partial charge in [-0.1, -0.05) is 6.92 Å². The smallest absolute Gasteiger partial charge is 0.420 e. The third-order valence-corrected chi connectivity index (χ3v) is 2.78. The molecule has 0 aliphatic carbocycles. The number of hydrogen-bond acceptors (Lipinski definition) is 3. The third-order valence-electron chi connectivity index (χ3n) is 2.78. The summed E-state index contributed by atoms with van der Waals surface area (Å²) in [5, 5.41) is 9.73. The van der Waals surface area contributed by atoms with Gasteiger partial charge >= 0.3 is 6.18 Å². The second kappa shape index (κ2) is 5.48. The van der Waals surface area contributed by atoms with E-state index in [1.807, 2.05) is 0 Å². The Morgan fingerprint density at radius 3 is 2.44 bits per heavy atom. The van der Waals surface area contributed by atoms with Crippen molar-refractivity contribution >= 4 is 0 Å². The van der Waals surface area contributed by atoms with Gasteiger partial charge in [-0.05, 0) is 31.0 Å². The van der Waals surface area contributed by atoms with Crippen molar-refractivity contribution in [2.75, 3.05) is 13.7 Å². The van der Waals surface area contributed by atoms with E-state index in [0.29, 0.717) is 13.0 Å². The molecule has 0 saturated heterocycles. The zero-order valence-electron chi connectivity index (χ0n) is 10.2. The van der Waals surface area contributed by atoms with Gasteiger partial charge in [0.2, 0.25) is 0 Å². The molecule has 0 fully saturated rings.